The number of amides is 1. The Hall–Kier alpha value is -2.06. The summed E-state index contributed by atoms with van der Waals surface area (Å²) in [5.41, 5.74) is 0.951. The predicted molar refractivity (Wildman–Crippen MR) is 106 cm³/mol. The number of carbonyl (C=O) groups is 1. The van der Waals surface area contributed by atoms with Gasteiger partial charge in [-0.25, -0.2) is 9.97 Å². The van der Waals surface area contributed by atoms with Gasteiger partial charge in [-0.2, -0.15) is 11.8 Å². The lowest BCUT2D eigenvalue weighted by molar-refractivity contribution is 0.0776. The van der Waals surface area contributed by atoms with Gasteiger partial charge in [-0.1, -0.05) is 0 Å². The fourth-order valence-corrected chi connectivity index (χ4v) is 5.09. The summed E-state index contributed by atoms with van der Waals surface area (Å²) in [6.07, 6.45) is 1.54. The number of aryl methyl sites for hydroxylation is 2. The van der Waals surface area contributed by atoms with Gasteiger partial charge >= 0.3 is 0 Å². The Bertz CT molecular complexity index is 944. The number of aromatic nitrogens is 2. The van der Waals surface area contributed by atoms with E-state index in [1.165, 1.54) is 11.3 Å². The van der Waals surface area contributed by atoms with Crippen molar-refractivity contribution in [2.24, 2.45) is 0 Å². The van der Waals surface area contributed by atoms with Crippen molar-refractivity contribution in [2.45, 2.75) is 20.4 Å². The molecule has 1 aliphatic rings. The SMILES string of the molecule is Cc1ccc(CNc2ncnc3sc(C(=O)N4CCSCC4)c(C)c23)o1. The first-order chi connectivity index (χ1) is 12.6. The largest absolute Gasteiger partial charge is 0.465 e. The Kier molecular flexibility index (Phi) is 4.86. The summed E-state index contributed by atoms with van der Waals surface area (Å²) in [6, 6.07) is 3.89. The van der Waals surface area contributed by atoms with Crippen LogP contribution >= 0.6 is 23.1 Å². The molecule has 0 spiro atoms. The number of furan rings is 1. The first-order valence-electron chi connectivity index (χ1n) is 8.54. The first-order valence-corrected chi connectivity index (χ1v) is 10.5. The van der Waals surface area contributed by atoms with Crippen molar-refractivity contribution in [1.82, 2.24) is 14.9 Å². The number of thioether (sulfide) groups is 1. The maximum Gasteiger partial charge on any atom is 0.264 e. The molecule has 1 aliphatic heterocycles. The van der Waals surface area contributed by atoms with Crippen molar-refractivity contribution in [3.05, 3.63) is 40.4 Å². The number of carbonyl (C=O) groups excluding carboxylic acids is 1. The van der Waals surface area contributed by atoms with Crippen molar-refractivity contribution < 1.29 is 9.21 Å². The van der Waals surface area contributed by atoms with Crippen LogP contribution in [0, 0.1) is 13.8 Å². The number of nitrogens with one attached hydrogen (secondary N) is 1. The molecule has 0 unspecified atom stereocenters. The van der Waals surface area contributed by atoms with Crippen LogP contribution in [0.4, 0.5) is 5.82 Å². The normalized spacial score (nSPS) is 14.8. The molecule has 1 saturated heterocycles. The molecule has 0 saturated carbocycles. The van der Waals surface area contributed by atoms with Gasteiger partial charge in [0.2, 0.25) is 0 Å². The van der Waals surface area contributed by atoms with Crippen molar-refractivity contribution in [2.75, 3.05) is 29.9 Å². The third-order valence-electron chi connectivity index (χ3n) is 4.45. The molecular formula is C18H20N4O2S2. The van der Waals surface area contributed by atoms with E-state index < -0.39 is 0 Å². The average Bonchev–Trinajstić information content (AvgIpc) is 3.24. The number of hydrogen-bond donors (Lipinski definition) is 1. The maximum absolute atomic E-state index is 12.9. The van der Waals surface area contributed by atoms with Crippen molar-refractivity contribution in [3.63, 3.8) is 0 Å². The summed E-state index contributed by atoms with van der Waals surface area (Å²) in [5.74, 6) is 4.60. The van der Waals surface area contributed by atoms with Gasteiger partial charge in [0.05, 0.1) is 16.8 Å². The fraction of sp³-hybridized carbons (Fsp3) is 0.389. The zero-order chi connectivity index (χ0) is 18.1. The molecule has 0 atom stereocenters. The fourth-order valence-electron chi connectivity index (χ4n) is 3.07. The molecule has 3 aromatic heterocycles. The standard InChI is InChI=1S/C18H20N4O2S2/c1-11-3-4-13(24-11)9-19-16-14-12(2)15(26-17(14)21-10-20-16)18(23)22-5-7-25-8-6-22/h3-4,10H,5-9H2,1-2H3,(H,19,20,21). The Labute approximate surface area is 160 Å². The number of hydrogen-bond acceptors (Lipinski definition) is 7. The Morgan fingerprint density at radius 2 is 2.08 bits per heavy atom. The van der Waals surface area contributed by atoms with E-state index in [0.717, 1.165) is 62.6 Å². The lowest BCUT2D eigenvalue weighted by Gasteiger charge is -2.26. The second kappa shape index (κ2) is 7.28. The molecule has 4 heterocycles. The maximum atomic E-state index is 12.9. The van der Waals surface area contributed by atoms with E-state index in [2.05, 4.69) is 15.3 Å². The Balaban J connectivity index is 1.63. The van der Waals surface area contributed by atoms with Gasteiger partial charge < -0.3 is 14.6 Å². The Morgan fingerprint density at radius 3 is 2.81 bits per heavy atom. The van der Waals surface area contributed by atoms with E-state index in [4.69, 9.17) is 4.42 Å². The van der Waals surface area contributed by atoms with Crippen LogP contribution in [-0.2, 0) is 6.54 Å². The Morgan fingerprint density at radius 1 is 1.27 bits per heavy atom. The van der Waals surface area contributed by atoms with Crippen LogP contribution in [0.15, 0.2) is 22.9 Å². The van der Waals surface area contributed by atoms with Crippen LogP contribution in [0.25, 0.3) is 10.2 Å². The highest BCUT2D eigenvalue weighted by molar-refractivity contribution is 7.99. The highest BCUT2D eigenvalue weighted by Gasteiger charge is 2.24. The first kappa shape index (κ1) is 17.4. The molecule has 4 rings (SSSR count). The molecule has 136 valence electrons. The van der Waals surface area contributed by atoms with Crippen LogP contribution in [0.3, 0.4) is 0 Å². The van der Waals surface area contributed by atoms with E-state index in [-0.39, 0.29) is 5.91 Å². The van der Waals surface area contributed by atoms with Gasteiger partial charge in [0.25, 0.3) is 5.91 Å². The molecular weight excluding hydrogens is 368 g/mol. The number of nitrogens with zero attached hydrogens (tertiary/aromatic N) is 3. The highest BCUT2D eigenvalue weighted by Crippen LogP contribution is 2.34. The van der Waals surface area contributed by atoms with Crippen LogP contribution in [-0.4, -0.2) is 45.4 Å². The van der Waals surface area contributed by atoms with Crippen LogP contribution in [0.5, 0.6) is 0 Å². The van der Waals surface area contributed by atoms with Gasteiger partial charge in [0, 0.05) is 24.6 Å². The van der Waals surface area contributed by atoms with Gasteiger partial charge in [-0.15, -0.1) is 11.3 Å². The van der Waals surface area contributed by atoms with E-state index in [0.29, 0.717) is 6.54 Å². The molecule has 0 aromatic carbocycles. The monoisotopic (exact) mass is 388 g/mol. The minimum absolute atomic E-state index is 0.110. The quantitative estimate of drug-likeness (QED) is 0.735. The molecule has 0 radical (unpaired) electrons. The summed E-state index contributed by atoms with van der Waals surface area (Å²) in [4.78, 5) is 25.2. The number of thiophene rings is 1. The van der Waals surface area contributed by atoms with E-state index in [1.54, 1.807) is 6.33 Å². The zero-order valence-electron chi connectivity index (χ0n) is 14.7. The minimum atomic E-state index is 0.110. The third-order valence-corrected chi connectivity index (χ3v) is 6.58. The topological polar surface area (TPSA) is 71.3 Å². The van der Waals surface area contributed by atoms with Crippen molar-refractivity contribution >= 4 is 45.0 Å². The van der Waals surface area contributed by atoms with E-state index in [1.807, 2.05) is 42.6 Å². The summed E-state index contributed by atoms with van der Waals surface area (Å²) < 4.78 is 5.60. The van der Waals surface area contributed by atoms with E-state index in [9.17, 15) is 4.79 Å². The third kappa shape index (κ3) is 3.31. The predicted octanol–water partition coefficient (Wildman–Crippen LogP) is 3.70. The molecule has 1 fully saturated rings. The minimum Gasteiger partial charge on any atom is -0.465 e. The van der Waals surface area contributed by atoms with Crippen LogP contribution < -0.4 is 5.32 Å². The lowest BCUT2D eigenvalue weighted by Crippen LogP contribution is -2.37. The smallest absolute Gasteiger partial charge is 0.264 e. The molecule has 1 amide bonds. The summed E-state index contributed by atoms with van der Waals surface area (Å²) in [5, 5.41) is 4.25. The molecule has 6 nitrogen and oxygen atoms in total. The molecule has 1 N–H and O–H groups in total. The van der Waals surface area contributed by atoms with Gasteiger partial charge in [0.15, 0.2) is 0 Å². The lowest BCUT2D eigenvalue weighted by atomic mass is 10.2. The molecule has 26 heavy (non-hydrogen) atoms. The molecule has 8 heteroatoms. The van der Waals surface area contributed by atoms with Gasteiger partial charge in [-0.05, 0) is 31.5 Å². The van der Waals surface area contributed by atoms with Crippen LogP contribution in [0.1, 0.15) is 26.8 Å². The van der Waals surface area contributed by atoms with Gasteiger partial charge in [0.1, 0.15) is 28.5 Å². The second-order valence-electron chi connectivity index (χ2n) is 6.23. The zero-order valence-corrected chi connectivity index (χ0v) is 16.4. The number of anilines is 1. The number of rotatable bonds is 4. The van der Waals surface area contributed by atoms with Crippen molar-refractivity contribution in [3.8, 4) is 0 Å². The average molecular weight is 389 g/mol. The molecule has 0 aliphatic carbocycles. The molecule has 0 bridgehead atoms. The second-order valence-corrected chi connectivity index (χ2v) is 8.45. The molecule has 3 aromatic rings. The van der Waals surface area contributed by atoms with Gasteiger partial charge in [-0.3, -0.25) is 4.79 Å². The van der Waals surface area contributed by atoms with E-state index >= 15 is 0 Å². The summed E-state index contributed by atoms with van der Waals surface area (Å²) >= 11 is 3.35. The highest BCUT2D eigenvalue weighted by atomic mass is 32.2. The van der Waals surface area contributed by atoms with Crippen LogP contribution in [0.2, 0.25) is 0 Å². The summed E-state index contributed by atoms with van der Waals surface area (Å²) in [6.45, 7) is 6.07. The van der Waals surface area contributed by atoms with Crippen molar-refractivity contribution in [1.29, 1.82) is 0 Å². The number of fused-ring (bicyclic) bond motifs is 1. The summed E-state index contributed by atoms with van der Waals surface area (Å²) in [7, 11) is 0.